The summed E-state index contributed by atoms with van der Waals surface area (Å²) in [5.41, 5.74) is 0. The Labute approximate surface area is 115 Å². The summed E-state index contributed by atoms with van der Waals surface area (Å²) < 4.78 is 0. The highest BCUT2D eigenvalue weighted by Gasteiger charge is 2.37. The molecular weight excluding hydrogens is 240 g/mol. The van der Waals surface area contributed by atoms with E-state index in [2.05, 4.69) is 10.2 Å². The molecule has 2 aliphatic carbocycles. The summed E-state index contributed by atoms with van der Waals surface area (Å²) in [6.07, 6.45) is 9.35. The highest BCUT2D eigenvalue weighted by atomic mass is 16.4. The van der Waals surface area contributed by atoms with Crippen molar-refractivity contribution in [2.45, 2.75) is 69.5 Å². The predicted molar refractivity (Wildman–Crippen MR) is 74.1 cm³/mol. The first kappa shape index (κ1) is 13.4. The van der Waals surface area contributed by atoms with Gasteiger partial charge in [-0.2, -0.15) is 0 Å². The monoisotopic (exact) mass is 266 g/mol. The first-order chi connectivity index (χ1) is 9.20. The van der Waals surface area contributed by atoms with Crippen molar-refractivity contribution in [3.63, 3.8) is 0 Å². The summed E-state index contributed by atoms with van der Waals surface area (Å²) in [6.45, 7) is 2.14. The molecule has 2 N–H and O–H groups in total. The van der Waals surface area contributed by atoms with Crippen LogP contribution in [0.25, 0.3) is 0 Å². The van der Waals surface area contributed by atoms with Crippen LogP contribution in [-0.4, -0.2) is 47.2 Å². The number of carboxylic acids is 1. The van der Waals surface area contributed by atoms with Gasteiger partial charge >= 0.3 is 5.97 Å². The third-order valence-electron chi connectivity index (χ3n) is 4.92. The third-order valence-corrected chi connectivity index (χ3v) is 4.92. The van der Waals surface area contributed by atoms with Crippen LogP contribution in [0.3, 0.4) is 0 Å². The fourth-order valence-corrected chi connectivity index (χ4v) is 3.92. The van der Waals surface area contributed by atoms with Gasteiger partial charge in [-0.25, -0.2) is 0 Å². The third kappa shape index (κ3) is 3.69. The average Bonchev–Trinajstić information content (AvgIpc) is 3.08. The SMILES string of the molecule is O=C(O)CC1CC(NC2CCCC2)CN(C2CC2)C1. The van der Waals surface area contributed by atoms with Gasteiger partial charge in [0.2, 0.25) is 0 Å². The molecule has 2 atom stereocenters. The van der Waals surface area contributed by atoms with Crippen molar-refractivity contribution in [2.24, 2.45) is 5.92 Å². The molecule has 0 radical (unpaired) electrons. The molecule has 1 aliphatic heterocycles. The summed E-state index contributed by atoms with van der Waals surface area (Å²) in [7, 11) is 0. The molecule has 0 aromatic carbocycles. The van der Waals surface area contributed by atoms with E-state index in [-0.39, 0.29) is 0 Å². The molecule has 108 valence electrons. The summed E-state index contributed by atoms with van der Waals surface area (Å²) in [5.74, 6) is -0.298. The van der Waals surface area contributed by atoms with E-state index in [9.17, 15) is 4.79 Å². The van der Waals surface area contributed by atoms with E-state index in [0.29, 0.717) is 24.4 Å². The average molecular weight is 266 g/mol. The number of carboxylic acid groups (broad SMARTS) is 1. The van der Waals surface area contributed by atoms with E-state index in [1.54, 1.807) is 0 Å². The van der Waals surface area contributed by atoms with Crippen molar-refractivity contribution in [1.29, 1.82) is 0 Å². The number of hydrogen-bond donors (Lipinski definition) is 2. The minimum absolute atomic E-state index is 0.339. The van der Waals surface area contributed by atoms with Crippen molar-refractivity contribution in [3.8, 4) is 0 Å². The zero-order chi connectivity index (χ0) is 13.2. The smallest absolute Gasteiger partial charge is 0.303 e. The van der Waals surface area contributed by atoms with Gasteiger partial charge in [-0.1, -0.05) is 12.8 Å². The highest BCUT2D eigenvalue weighted by Crippen LogP contribution is 2.32. The Balaban J connectivity index is 1.56. The van der Waals surface area contributed by atoms with Crippen LogP contribution in [0.1, 0.15) is 51.4 Å². The Morgan fingerprint density at radius 3 is 2.47 bits per heavy atom. The maximum Gasteiger partial charge on any atom is 0.303 e. The van der Waals surface area contributed by atoms with Gasteiger partial charge in [-0.3, -0.25) is 9.69 Å². The van der Waals surface area contributed by atoms with Gasteiger partial charge in [0.1, 0.15) is 0 Å². The van der Waals surface area contributed by atoms with Gasteiger partial charge in [0.25, 0.3) is 0 Å². The van der Waals surface area contributed by atoms with Crippen molar-refractivity contribution in [2.75, 3.05) is 13.1 Å². The van der Waals surface area contributed by atoms with Crippen LogP contribution in [0.2, 0.25) is 0 Å². The lowest BCUT2D eigenvalue weighted by Gasteiger charge is -2.39. The largest absolute Gasteiger partial charge is 0.481 e. The lowest BCUT2D eigenvalue weighted by Crippen LogP contribution is -2.52. The first-order valence-corrected chi connectivity index (χ1v) is 7.92. The van der Waals surface area contributed by atoms with Crippen molar-refractivity contribution >= 4 is 5.97 Å². The maximum atomic E-state index is 11.0. The molecular formula is C15H26N2O2. The first-order valence-electron chi connectivity index (χ1n) is 7.92. The van der Waals surface area contributed by atoms with Crippen LogP contribution < -0.4 is 5.32 Å². The molecule has 0 spiro atoms. The fraction of sp³-hybridized carbons (Fsp3) is 0.933. The van der Waals surface area contributed by atoms with E-state index in [0.717, 1.165) is 25.6 Å². The van der Waals surface area contributed by atoms with Crippen molar-refractivity contribution in [3.05, 3.63) is 0 Å². The van der Waals surface area contributed by atoms with E-state index in [4.69, 9.17) is 5.11 Å². The molecule has 3 rings (SSSR count). The van der Waals surface area contributed by atoms with Crippen molar-refractivity contribution in [1.82, 2.24) is 10.2 Å². The Morgan fingerprint density at radius 2 is 1.84 bits per heavy atom. The van der Waals surface area contributed by atoms with Gasteiger partial charge in [-0.15, -0.1) is 0 Å². The zero-order valence-electron chi connectivity index (χ0n) is 11.7. The summed E-state index contributed by atoms with van der Waals surface area (Å²) in [4.78, 5) is 13.5. The molecule has 0 aromatic rings. The minimum atomic E-state index is -0.637. The van der Waals surface area contributed by atoms with E-state index in [1.807, 2.05) is 0 Å². The Hall–Kier alpha value is -0.610. The summed E-state index contributed by atoms with van der Waals surface area (Å²) in [5, 5.41) is 12.8. The second kappa shape index (κ2) is 5.80. The lowest BCUT2D eigenvalue weighted by molar-refractivity contribution is -0.138. The summed E-state index contributed by atoms with van der Waals surface area (Å²) in [6, 6.07) is 1.96. The molecule has 3 aliphatic rings. The van der Waals surface area contributed by atoms with Crippen LogP contribution in [0.4, 0.5) is 0 Å². The van der Waals surface area contributed by atoms with E-state index < -0.39 is 5.97 Å². The topological polar surface area (TPSA) is 52.6 Å². The van der Waals surface area contributed by atoms with Gasteiger partial charge in [0.05, 0.1) is 0 Å². The number of hydrogen-bond acceptors (Lipinski definition) is 3. The normalized spacial score (nSPS) is 33.7. The number of piperidine rings is 1. The van der Waals surface area contributed by atoms with Crippen LogP contribution in [-0.2, 0) is 4.79 Å². The van der Waals surface area contributed by atoms with Crippen molar-refractivity contribution < 1.29 is 9.90 Å². The second-order valence-corrected chi connectivity index (χ2v) is 6.73. The zero-order valence-corrected chi connectivity index (χ0v) is 11.7. The number of carbonyl (C=O) groups is 1. The summed E-state index contributed by atoms with van der Waals surface area (Å²) >= 11 is 0. The van der Waals surface area contributed by atoms with Crippen LogP contribution >= 0.6 is 0 Å². The maximum absolute atomic E-state index is 11.0. The van der Waals surface area contributed by atoms with Crippen LogP contribution in [0, 0.1) is 5.92 Å². The molecule has 4 heteroatoms. The van der Waals surface area contributed by atoms with Gasteiger partial charge in [0, 0.05) is 37.6 Å². The molecule has 0 bridgehead atoms. The number of nitrogens with zero attached hydrogens (tertiary/aromatic N) is 1. The minimum Gasteiger partial charge on any atom is -0.481 e. The molecule has 0 aromatic heterocycles. The Bertz CT molecular complexity index is 322. The Kier molecular flexibility index (Phi) is 4.08. The van der Waals surface area contributed by atoms with Gasteiger partial charge in [0.15, 0.2) is 0 Å². The highest BCUT2D eigenvalue weighted by molar-refractivity contribution is 5.67. The fourth-order valence-electron chi connectivity index (χ4n) is 3.92. The predicted octanol–water partition coefficient (Wildman–Crippen LogP) is 1.85. The van der Waals surface area contributed by atoms with E-state index >= 15 is 0 Å². The van der Waals surface area contributed by atoms with E-state index in [1.165, 1.54) is 38.5 Å². The quantitative estimate of drug-likeness (QED) is 0.797. The molecule has 3 fully saturated rings. The lowest BCUT2D eigenvalue weighted by atomic mass is 9.90. The molecule has 1 saturated heterocycles. The number of rotatable bonds is 5. The number of nitrogens with one attached hydrogen (secondary N) is 1. The molecule has 0 amide bonds. The van der Waals surface area contributed by atoms with Gasteiger partial charge < -0.3 is 10.4 Å². The number of aliphatic carboxylic acids is 1. The molecule has 2 unspecified atom stereocenters. The van der Waals surface area contributed by atoms with Gasteiger partial charge in [-0.05, 0) is 38.0 Å². The van der Waals surface area contributed by atoms with Crippen LogP contribution in [0.5, 0.6) is 0 Å². The Morgan fingerprint density at radius 1 is 1.11 bits per heavy atom. The molecule has 2 saturated carbocycles. The standard InChI is InChI=1S/C15H26N2O2/c18-15(19)8-11-7-13(16-12-3-1-2-4-12)10-17(9-11)14-5-6-14/h11-14,16H,1-10H2,(H,18,19). The second-order valence-electron chi connectivity index (χ2n) is 6.73. The molecule has 19 heavy (non-hydrogen) atoms. The molecule has 1 heterocycles. The molecule has 4 nitrogen and oxygen atoms in total. The van der Waals surface area contributed by atoms with Crippen LogP contribution in [0.15, 0.2) is 0 Å². The number of likely N-dealkylation sites (tertiary alicyclic amines) is 1.